The molecule has 2 rings (SSSR count). The number of nitrogens with one attached hydrogen (secondary N) is 1. The standard InChI is InChI=1S/C11H12F2N4/c1-2-17-11(7-15-16-17)14-6-8-5-9(12)3-4-10(8)13/h3-5,7,14H,2,6H2,1H3. The average Bonchev–Trinajstić information content (AvgIpc) is 2.77. The third-order valence-corrected chi connectivity index (χ3v) is 2.38. The number of benzene rings is 1. The molecule has 0 amide bonds. The van der Waals surface area contributed by atoms with Gasteiger partial charge in [-0.05, 0) is 25.1 Å². The summed E-state index contributed by atoms with van der Waals surface area (Å²) in [5.74, 6) is -0.212. The molecule has 1 aromatic carbocycles. The van der Waals surface area contributed by atoms with E-state index in [1.807, 2.05) is 6.92 Å². The smallest absolute Gasteiger partial charge is 0.145 e. The zero-order chi connectivity index (χ0) is 12.3. The Morgan fingerprint density at radius 1 is 1.35 bits per heavy atom. The van der Waals surface area contributed by atoms with Crippen molar-refractivity contribution in [1.29, 1.82) is 0 Å². The lowest BCUT2D eigenvalue weighted by Gasteiger charge is -2.07. The summed E-state index contributed by atoms with van der Waals surface area (Å²) in [7, 11) is 0. The Bertz CT molecular complexity index is 510. The van der Waals surface area contributed by atoms with Crippen LogP contribution in [0.2, 0.25) is 0 Å². The van der Waals surface area contributed by atoms with Gasteiger partial charge in [-0.15, -0.1) is 5.10 Å². The van der Waals surface area contributed by atoms with Crippen LogP contribution >= 0.6 is 0 Å². The Morgan fingerprint density at radius 3 is 2.94 bits per heavy atom. The Balaban J connectivity index is 2.09. The summed E-state index contributed by atoms with van der Waals surface area (Å²) in [4.78, 5) is 0. The normalized spacial score (nSPS) is 10.5. The van der Waals surface area contributed by atoms with E-state index in [0.29, 0.717) is 12.4 Å². The molecule has 90 valence electrons. The van der Waals surface area contributed by atoms with Crippen LogP contribution in [0.15, 0.2) is 24.4 Å². The molecule has 0 bridgehead atoms. The van der Waals surface area contributed by atoms with Crippen molar-refractivity contribution >= 4 is 5.82 Å². The number of hydrogen-bond donors (Lipinski definition) is 1. The van der Waals surface area contributed by atoms with Crippen LogP contribution in [-0.2, 0) is 13.1 Å². The van der Waals surface area contributed by atoms with Crippen LogP contribution in [0.4, 0.5) is 14.6 Å². The molecule has 0 saturated heterocycles. The molecule has 17 heavy (non-hydrogen) atoms. The maximum absolute atomic E-state index is 13.3. The van der Waals surface area contributed by atoms with Gasteiger partial charge in [0.2, 0.25) is 0 Å². The molecule has 0 unspecified atom stereocenters. The first-order valence-corrected chi connectivity index (χ1v) is 5.27. The van der Waals surface area contributed by atoms with Gasteiger partial charge in [-0.2, -0.15) is 0 Å². The first kappa shape index (κ1) is 11.5. The zero-order valence-electron chi connectivity index (χ0n) is 9.32. The maximum atomic E-state index is 13.3. The average molecular weight is 238 g/mol. The fourth-order valence-electron chi connectivity index (χ4n) is 1.49. The summed E-state index contributed by atoms with van der Waals surface area (Å²) in [6, 6.07) is 3.38. The predicted octanol–water partition coefficient (Wildman–Crippen LogP) is 2.19. The van der Waals surface area contributed by atoms with Crippen LogP contribution < -0.4 is 5.32 Å². The number of aromatic nitrogens is 3. The van der Waals surface area contributed by atoms with E-state index >= 15 is 0 Å². The molecular weight excluding hydrogens is 226 g/mol. The van der Waals surface area contributed by atoms with Crippen molar-refractivity contribution < 1.29 is 8.78 Å². The molecule has 1 N–H and O–H groups in total. The number of aryl methyl sites for hydroxylation is 1. The van der Waals surface area contributed by atoms with Crippen LogP contribution in [0.1, 0.15) is 12.5 Å². The van der Waals surface area contributed by atoms with Gasteiger partial charge in [0, 0.05) is 18.7 Å². The van der Waals surface area contributed by atoms with Gasteiger partial charge in [-0.25, -0.2) is 13.5 Å². The van der Waals surface area contributed by atoms with Crippen molar-refractivity contribution in [2.45, 2.75) is 20.0 Å². The SMILES string of the molecule is CCn1nncc1NCc1cc(F)ccc1F. The fourth-order valence-corrected chi connectivity index (χ4v) is 1.49. The quantitative estimate of drug-likeness (QED) is 0.887. The van der Waals surface area contributed by atoms with Gasteiger partial charge >= 0.3 is 0 Å². The maximum Gasteiger partial charge on any atom is 0.145 e. The van der Waals surface area contributed by atoms with Gasteiger partial charge in [0.05, 0.1) is 6.20 Å². The van der Waals surface area contributed by atoms with Crippen LogP contribution in [0, 0.1) is 11.6 Å². The second-order valence-electron chi connectivity index (χ2n) is 3.52. The van der Waals surface area contributed by atoms with E-state index in [4.69, 9.17) is 0 Å². The van der Waals surface area contributed by atoms with Gasteiger partial charge in [-0.1, -0.05) is 5.21 Å². The van der Waals surface area contributed by atoms with Crippen molar-refractivity contribution in [2.24, 2.45) is 0 Å². The van der Waals surface area contributed by atoms with Crippen molar-refractivity contribution in [2.75, 3.05) is 5.32 Å². The predicted molar refractivity (Wildman–Crippen MR) is 59.4 cm³/mol. The number of hydrogen-bond acceptors (Lipinski definition) is 3. The number of nitrogens with zero attached hydrogens (tertiary/aromatic N) is 3. The highest BCUT2D eigenvalue weighted by atomic mass is 19.1. The lowest BCUT2D eigenvalue weighted by atomic mass is 10.2. The molecule has 0 atom stereocenters. The minimum absolute atomic E-state index is 0.191. The van der Waals surface area contributed by atoms with E-state index in [1.165, 1.54) is 6.07 Å². The van der Waals surface area contributed by atoms with Crippen LogP contribution in [0.5, 0.6) is 0 Å². The molecule has 0 saturated carbocycles. The summed E-state index contributed by atoms with van der Waals surface area (Å²) in [6.07, 6.45) is 1.54. The first-order valence-electron chi connectivity index (χ1n) is 5.27. The highest BCUT2D eigenvalue weighted by Crippen LogP contribution is 2.12. The minimum Gasteiger partial charge on any atom is -0.365 e. The largest absolute Gasteiger partial charge is 0.365 e. The number of rotatable bonds is 4. The second kappa shape index (κ2) is 4.90. The van der Waals surface area contributed by atoms with Crippen molar-refractivity contribution in [3.05, 3.63) is 41.6 Å². The summed E-state index contributed by atoms with van der Waals surface area (Å²) in [5, 5.41) is 10.5. The zero-order valence-corrected chi connectivity index (χ0v) is 9.32. The van der Waals surface area contributed by atoms with Crippen LogP contribution in [0.25, 0.3) is 0 Å². The molecule has 1 aromatic heterocycles. The lowest BCUT2D eigenvalue weighted by Crippen LogP contribution is -2.08. The Labute approximate surface area is 97.3 Å². The van der Waals surface area contributed by atoms with E-state index < -0.39 is 11.6 Å². The summed E-state index contributed by atoms with van der Waals surface area (Å²) >= 11 is 0. The van der Waals surface area contributed by atoms with Gasteiger partial charge < -0.3 is 5.32 Å². The fraction of sp³-hybridized carbons (Fsp3) is 0.273. The van der Waals surface area contributed by atoms with Crippen molar-refractivity contribution in [3.8, 4) is 0 Å². The Hall–Kier alpha value is -1.98. The molecule has 0 spiro atoms. The van der Waals surface area contributed by atoms with Gasteiger partial charge in [0.1, 0.15) is 17.5 Å². The van der Waals surface area contributed by atoms with Gasteiger partial charge in [-0.3, -0.25) is 0 Å². The Morgan fingerprint density at radius 2 is 2.18 bits per heavy atom. The molecule has 4 nitrogen and oxygen atoms in total. The van der Waals surface area contributed by atoms with E-state index in [0.717, 1.165) is 12.1 Å². The Kier molecular flexibility index (Phi) is 3.32. The third-order valence-electron chi connectivity index (χ3n) is 2.38. The van der Waals surface area contributed by atoms with Gasteiger partial charge in [0.25, 0.3) is 0 Å². The molecule has 0 fully saturated rings. The topological polar surface area (TPSA) is 42.7 Å². The summed E-state index contributed by atoms with van der Waals surface area (Å²) in [6.45, 7) is 2.77. The van der Waals surface area contributed by atoms with E-state index in [1.54, 1.807) is 10.9 Å². The van der Waals surface area contributed by atoms with E-state index in [-0.39, 0.29) is 12.1 Å². The van der Waals surface area contributed by atoms with Gasteiger partial charge in [0.15, 0.2) is 0 Å². The molecule has 2 aromatic rings. The number of anilines is 1. The third kappa shape index (κ3) is 2.58. The first-order chi connectivity index (χ1) is 8.20. The summed E-state index contributed by atoms with van der Waals surface area (Å²) in [5.41, 5.74) is 0.272. The molecule has 0 radical (unpaired) electrons. The lowest BCUT2D eigenvalue weighted by molar-refractivity contribution is 0.586. The molecular formula is C11H12F2N4. The van der Waals surface area contributed by atoms with E-state index in [9.17, 15) is 8.78 Å². The minimum atomic E-state index is -0.453. The van der Waals surface area contributed by atoms with Crippen molar-refractivity contribution in [3.63, 3.8) is 0 Å². The monoisotopic (exact) mass is 238 g/mol. The highest BCUT2D eigenvalue weighted by molar-refractivity contribution is 5.33. The highest BCUT2D eigenvalue weighted by Gasteiger charge is 2.06. The molecule has 1 heterocycles. The van der Waals surface area contributed by atoms with Crippen molar-refractivity contribution in [1.82, 2.24) is 15.0 Å². The molecule has 0 aliphatic rings. The number of halogens is 2. The molecule has 0 aliphatic heterocycles. The summed E-state index contributed by atoms with van der Waals surface area (Å²) < 4.78 is 27.9. The van der Waals surface area contributed by atoms with Crippen LogP contribution in [-0.4, -0.2) is 15.0 Å². The second-order valence-corrected chi connectivity index (χ2v) is 3.52. The van der Waals surface area contributed by atoms with E-state index in [2.05, 4.69) is 15.6 Å². The molecule has 6 heteroatoms. The molecule has 0 aliphatic carbocycles. The van der Waals surface area contributed by atoms with Crippen LogP contribution in [0.3, 0.4) is 0 Å².